The first-order chi connectivity index (χ1) is 7.99. The minimum atomic E-state index is -1.32. The van der Waals surface area contributed by atoms with E-state index >= 15 is 0 Å². The molecule has 0 aromatic heterocycles. The number of rotatable bonds is 1. The number of carbonyl (C=O) groups excluding carboxylic acids is 1. The van der Waals surface area contributed by atoms with Crippen molar-refractivity contribution >= 4 is 11.9 Å². The molecule has 2 rings (SSSR count). The smallest absolute Gasteiger partial charge is 0.408 e. The highest BCUT2D eigenvalue weighted by molar-refractivity contribution is 5.88. The van der Waals surface area contributed by atoms with Crippen LogP contribution in [0.4, 0.5) is 13.6 Å². The van der Waals surface area contributed by atoms with E-state index in [9.17, 15) is 18.4 Å². The fourth-order valence-corrected chi connectivity index (χ4v) is 1.94. The van der Waals surface area contributed by atoms with Gasteiger partial charge in [0.1, 0.15) is 11.6 Å². The highest BCUT2D eigenvalue weighted by Gasteiger charge is 2.36. The van der Waals surface area contributed by atoms with Crippen LogP contribution in [0, 0.1) is 11.6 Å². The van der Waals surface area contributed by atoms with Crippen LogP contribution in [-0.4, -0.2) is 28.4 Å². The van der Waals surface area contributed by atoms with E-state index in [0.29, 0.717) is 0 Å². The molecule has 1 unspecified atom stereocenters. The average Bonchev–Trinajstić information content (AvgIpc) is 2.64. The number of amides is 1. The van der Waals surface area contributed by atoms with Crippen molar-refractivity contribution in [3.05, 3.63) is 35.4 Å². The van der Waals surface area contributed by atoms with Gasteiger partial charge in [0.05, 0.1) is 12.6 Å². The lowest BCUT2D eigenvalue weighted by Crippen LogP contribution is -2.30. The van der Waals surface area contributed by atoms with E-state index in [2.05, 4.69) is 0 Å². The first-order valence-electron chi connectivity index (χ1n) is 4.95. The molecule has 1 aliphatic rings. The molecule has 1 amide bonds. The molecule has 0 radical (unpaired) electrons. The number of Topliss-reactive ketones (excluding diaryl/α,β-unsaturated/α-hetero) is 1. The summed E-state index contributed by atoms with van der Waals surface area (Å²) < 4.78 is 26.5. The summed E-state index contributed by atoms with van der Waals surface area (Å²) in [5.74, 6) is -1.68. The predicted octanol–water partition coefficient (Wildman–Crippen LogP) is 1.96. The first kappa shape index (κ1) is 11.5. The summed E-state index contributed by atoms with van der Waals surface area (Å²) >= 11 is 0. The molecule has 1 fully saturated rings. The zero-order valence-corrected chi connectivity index (χ0v) is 8.69. The molecule has 0 bridgehead atoms. The van der Waals surface area contributed by atoms with Crippen LogP contribution in [0.15, 0.2) is 18.2 Å². The molecule has 4 nitrogen and oxygen atoms in total. The van der Waals surface area contributed by atoms with Gasteiger partial charge in [-0.15, -0.1) is 0 Å². The summed E-state index contributed by atoms with van der Waals surface area (Å²) in [7, 11) is 0. The van der Waals surface area contributed by atoms with E-state index < -0.39 is 23.8 Å². The molecule has 1 saturated heterocycles. The number of carboxylic acid groups (broad SMARTS) is 1. The standard InChI is InChI=1S/C11H9F2NO3/c12-6-1-2-9(13)8(3-6)10-4-7(15)5-14(10)11(16)17/h1-3,10H,4-5H2,(H,16,17). The lowest BCUT2D eigenvalue weighted by atomic mass is 10.0. The second-order valence-corrected chi connectivity index (χ2v) is 3.83. The molecular weight excluding hydrogens is 232 g/mol. The third-order valence-electron chi connectivity index (χ3n) is 2.71. The van der Waals surface area contributed by atoms with Gasteiger partial charge in [-0.05, 0) is 18.2 Å². The summed E-state index contributed by atoms with van der Waals surface area (Å²) in [6, 6.07) is 1.86. The Morgan fingerprint density at radius 1 is 1.41 bits per heavy atom. The molecular formula is C11H9F2NO3. The SMILES string of the molecule is O=C1CC(c2cc(F)ccc2F)N(C(=O)O)C1. The van der Waals surface area contributed by atoms with E-state index in [0.717, 1.165) is 23.1 Å². The lowest BCUT2D eigenvalue weighted by molar-refractivity contribution is -0.116. The molecule has 1 aliphatic heterocycles. The van der Waals surface area contributed by atoms with Gasteiger partial charge in [0, 0.05) is 12.0 Å². The Morgan fingerprint density at radius 2 is 2.12 bits per heavy atom. The van der Waals surface area contributed by atoms with Crippen LogP contribution in [0.3, 0.4) is 0 Å². The topological polar surface area (TPSA) is 57.6 Å². The Balaban J connectivity index is 2.41. The third-order valence-corrected chi connectivity index (χ3v) is 2.71. The molecule has 0 saturated carbocycles. The molecule has 1 N–H and O–H groups in total. The van der Waals surface area contributed by atoms with Crippen molar-refractivity contribution in [1.82, 2.24) is 4.90 Å². The molecule has 1 heterocycles. The van der Waals surface area contributed by atoms with E-state index in [1.54, 1.807) is 0 Å². The summed E-state index contributed by atoms with van der Waals surface area (Å²) in [5.41, 5.74) is -0.0988. The quantitative estimate of drug-likeness (QED) is 0.817. The summed E-state index contributed by atoms with van der Waals surface area (Å²) in [6.45, 7) is -0.282. The van der Waals surface area contributed by atoms with Gasteiger partial charge >= 0.3 is 6.09 Å². The van der Waals surface area contributed by atoms with Gasteiger partial charge in [-0.2, -0.15) is 0 Å². The molecule has 1 atom stereocenters. The summed E-state index contributed by atoms with van der Waals surface area (Å²) in [4.78, 5) is 22.9. The minimum absolute atomic E-state index is 0.0988. The average molecular weight is 241 g/mol. The van der Waals surface area contributed by atoms with Crippen molar-refractivity contribution in [2.45, 2.75) is 12.5 Å². The van der Waals surface area contributed by atoms with Crippen molar-refractivity contribution in [2.75, 3.05) is 6.54 Å². The van der Waals surface area contributed by atoms with Crippen LogP contribution < -0.4 is 0 Å². The maximum atomic E-state index is 13.5. The molecule has 6 heteroatoms. The molecule has 17 heavy (non-hydrogen) atoms. The Morgan fingerprint density at radius 3 is 2.76 bits per heavy atom. The normalized spacial score (nSPS) is 19.8. The number of benzene rings is 1. The van der Waals surface area contributed by atoms with Gasteiger partial charge in [0.25, 0.3) is 0 Å². The molecule has 0 aliphatic carbocycles. The zero-order chi connectivity index (χ0) is 12.6. The molecule has 1 aromatic carbocycles. The first-order valence-corrected chi connectivity index (χ1v) is 4.95. The monoisotopic (exact) mass is 241 g/mol. The maximum absolute atomic E-state index is 13.5. The Kier molecular flexibility index (Phi) is 2.79. The highest BCUT2D eigenvalue weighted by Crippen LogP contribution is 2.32. The lowest BCUT2D eigenvalue weighted by Gasteiger charge is -2.21. The fourth-order valence-electron chi connectivity index (χ4n) is 1.94. The Labute approximate surface area is 95.5 Å². The van der Waals surface area contributed by atoms with Crippen molar-refractivity contribution in [2.24, 2.45) is 0 Å². The van der Waals surface area contributed by atoms with Gasteiger partial charge in [-0.3, -0.25) is 9.69 Å². The number of likely N-dealkylation sites (tertiary alicyclic amines) is 1. The van der Waals surface area contributed by atoms with Crippen molar-refractivity contribution < 1.29 is 23.5 Å². The van der Waals surface area contributed by atoms with Gasteiger partial charge in [-0.1, -0.05) is 0 Å². The number of halogens is 2. The van der Waals surface area contributed by atoms with E-state index in [-0.39, 0.29) is 24.3 Å². The van der Waals surface area contributed by atoms with Crippen molar-refractivity contribution in [3.8, 4) is 0 Å². The van der Waals surface area contributed by atoms with E-state index in [1.807, 2.05) is 0 Å². The zero-order valence-electron chi connectivity index (χ0n) is 8.69. The number of hydrogen-bond acceptors (Lipinski definition) is 2. The van der Waals surface area contributed by atoms with Crippen LogP contribution >= 0.6 is 0 Å². The third kappa shape index (κ3) is 2.11. The van der Waals surface area contributed by atoms with Crippen molar-refractivity contribution in [1.29, 1.82) is 0 Å². The maximum Gasteiger partial charge on any atom is 0.408 e. The summed E-state index contributed by atoms with van der Waals surface area (Å²) in [5, 5.41) is 8.88. The number of ketones is 1. The molecule has 90 valence electrons. The van der Waals surface area contributed by atoms with Gasteiger partial charge < -0.3 is 5.11 Å². The van der Waals surface area contributed by atoms with E-state index in [4.69, 9.17) is 5.11 Å². The predicted molar refractivity (Wildman–Crippen MR) is 53.5 cm³/mol. The van der Waals surface area contributed by atoms with Crippen LogP contribution in [0.1, 0.15) is 18.0 Å². The van der Waals surface area contributed by atoms with E-state index in [1.165, 1.54) is 0 Å². The second-order valence-electron chi connectivity index (χ2n) is 3.83. The van der Waals surface area contributed by atoms with Crippen molar-refractivity contribution in [3.63, 3.8) is 0 Å². The number of nitrogens with zero attached hydrogens (tertiary/aromatic N) is 1. The van der Waals surface area contributed by atoms with Crippen LogP contribution in [0.25, 0.3) is 0 Å². The minimum Gasteiger partial charge on any atom is -0.465 e. The largest absolute Gasteiger partial charge is 0.465 e. The number of hydrogen-bond donors (Lipinski definition) is 1. The highest BCUT2D eigenvalue weighted by atomic mass is 19.1. The Hall–Kier alpha value is -1.98. The molecule has 0 spiro atoms. The van der Waals surface area contributed by atoms with Gasteiger partial charge in [-0.25, -0.2) is 13.6 Å². The van der Waals surface area contributed by atoms with Crippen LogP contribution in [0.2, 0.25) is 0 Å². The van der Waals surface area contributed by atoms with Crippen LogP contribution in [-0.2, 0) is 4.79 Å². The fraction of sp³-hybridized carbons (Fsp3) is 0.273. The van der Waals surface area contributed by atoms with Gasteiger partial charge in [0.15, 0.2) is 5.78 Å². The number of carbonyl (C=O) groups is 2. The molecule has 1 aromatic rings. The Bertz CT molecular complexity index is 490. The second kappa shape index (κ2) is 4.12. The summed E-state index contributed by atoms with van der Waals surface area (Å²) in [6.07, 6.45) is -1.43. The van der Waals surface area contributed by atoms with Crippen LogP contribution in [0.5, 0.6) is 0 Å². The van der Waals surface area contributed by atoms with Gasteiger partial charge in [0.2, 0.25) is 0 Å².